The van der Waals surface area contributed by atoms with Crippen molar-refractivity contribution in [1.82, 2.24) is 4.98 Å². The van der Waals surface area contributed by atoms with Crippen LogP contribution >= 0.6 is 11.3 Å². The van der Waals surface area contributed by atoms with Crippen LogP contribution in [0.4, 0.5) is 0 Å². The van der Waals surface area contributed by atoms with Gasteiger partial charge in [0.05, 0.1) is 13.2 Å². The number of hydrogen-bond acceptors (Lipinski definition) is 5. The Hall–Kier alpha value is -0.490. The molecule has 0 atom stereocenters. The zero-order chi connectivity index (χ0) is 9.31. The summed E-state index contributed by atoms with van der Waals surface area (Å²) in [6, 6.07) is 0. The van der Waals surface area contributed by atoms with Gasteiger partial charge in [0.25, 0.3) is 0 Å². The van der Waals surface area contributed by atoms with E-state index >= 15 is 0 Å². The molecule has 4 nitrogen and oxygen atoms in total. The Morgan fingerprint density at radius 3 is 2.85 bits per heavy atom. The largest absolute Gasteiger partial charge is 0.342 e. The lowest BCUT2D eigenvalue weighted by Gasteiger charge is -2.19. The molecule has 0 aliphatic carbocycles. The van der Waals surface area contributed by atoms with E-state index in [4.69, 9.17) is 15.2 Å². The lowest BCUT2D eigenvalue weighted by atomic mass is 10.2. The predicted octanol–water partition coefficient (Wildman–Crippen LogP) is 0.821. The Balaban J connectivity index is 2.23. The summed E-state index contributed by atoms with van der Waals surface area (Å²) in [6.07, 6.45) is 0. The highest BCUT2D eigenvalue weighted by molar-refractivity contribution is 7.09. The summed E-state index contributed by atoms with van der Waals surface area (Å²) >= 11 is 1.54. The standard InChI is InChI=1S/C8H12N2O2S/c1-8(11-2-3-12-8)6-5-13-7(4-9)10-6/h5H,2-4,9H2,1H3. The number of ether oxygens (including phenoxy) is 2. The van der Waals surface area contributed by atoms with Gasteiger partial charge in [-0.3, -0.25) is 0 Å². The van der Waals surface area contributed by atoms with Crippen LogP contribution in [0.25, 0.3) is 0 Å². The van der Waals surface area contributed by atoms with E-state index in [0.29, 0.717) is 19.8 Å². The number of thiazole rings is 1. The van der Waals surface area contributed by atoms with Crippen molar-refractivity contribution in [2.24, 2.45) is 5.73 Å². The van der Waals surface area contributed by atoms with Crippen LogP contribution in [0.5, 0.6) is 0 Å². The van der Waals surface area contributed by atoms with Crippen LogP contribution in [0, 0.1) is 0 Å². The fourth-order valence-corrected chi connectivity index (χ4v) is 2.04. The Morgan fingerprint density at radius 1 is 1.62 bits per heavy atom. The fourth-order valence-electron chi connectivity index (χ4n) is 1.28. The van der Waals surface area contributed by atoms with E-state index in [-0.39, 0.29) is 0 Å². The maximum absolute atomic E-state index is 5.47. The molecular formula is C8H12N2O2S. The van der Waals surface area contributed by atoms with E-state index in [2.05, 4.69) is 4.98 Å². The molecule has 0 spiro atoms. The molecule has 72 valence electrons. The number of nitrogens with two attached hydrogens (primary N) is 1. The third-order valence-electron chi connectivity index (χ3n) is 2.03. The quantitative estimate of drug-likeness (QED) is 0.768. The highest BCUT2D eigenvalue weighted by Crippen LogP contribution is 2.31. The first kappa shape index (κ1) is 9.08. The Labute approximate surface area is 80.7 Å². The van der Waals surface area contributed by atoms with Gasteiger partial charge >= 0.3 is 0 Å². The van der Waals surface area contributed by atoms with Crippen LogP contribution in [-0.4, -0.2) is 18.2 Å². The van der Waals surface area contributed by atoms with Gasteiger partial charge in [-0.05, 0) is 6.92 Å². The summed E-state index contributed by atoms with van der Waals surface area (Å²) in [5, 5.41) is 2.85. The maximum Gasteiger partial charge on any atom is 0.210 e. The molecule has 0 aromatic carbocycles. The van der Waals surface area contributed by atoms with Gasteiger partial charge in [-0.1, -0.05) is 0 Å². The van der Waals surface area contributed by atoms with E-state index in [1.165, 1.54) is 11.3 Å². The second kappa shape index (κ2) is 3.34. The van der Waals surface area contributed by atoms with Crippen molar-refractivity contribution in [1.29, 1.82) is 0 Å². The molecular weight excluding hydrogens is 188 g/mol. The highest BCUT2D eigenvalue weighted by atomic mass is 32.1. The summed E-state index contributed by atoms with van der Waals surface area (Å²) in [5.41, 5.74) is 6.30. The molecule has 2 heterocycles. The zero-order valence-corrected chi connectivity index (χ0v) is 8.26. The van der Waals surface area contributed by atoms with Crippen molar-refractivity contribution >= 4 is 11.3 Å². The number of hydrogen-bond donors (Lipinski definition) is 1. The average Bonchev–Trinajstić information content (AvgIpc) is 2.72. The molecule has 2 rings (SSSR count). The molecule has 5 heteroatoms. The van der Waals surface area contributed by atoms with Crippen molar-refractivity contribution in [3.63, 3.8) is 0 Å². The third kappa shape index (κ3) is 1.60. The molecule has 1 saturated heterocycles. The minimum absolute atomic E-state index is 0.473. The molecule has 1 aromatic heterocycles. The molecule has 1 aliphatic heterocycles. The van der Waals surface area contributed by atoms with Crippen molar-refractivity contribution in [2.45, 2.75) is 19.3 Å². The molecule has 0 radical (unpaired) electrons. The molecule has 1 aromatic rings. The number of nitrogens with zero attached hydrogens (tertiary/aromatic N) is 1. The Morgan fingerprint density at radius 2 is 2.31 bits per heavy atom. The fraction of sp³-hybridized carbons (Fsp3) is 0.625. The zero-order valence-electron chi connectivity index (χ0n) is 7.45. The molecule has 1 aliphatic rings. The number of rotatable bonds is 2. The monoisotopic (exact) mass is 200 g/mol. The van der Waals surface area contributed by atoms with E-state index in [1.54, 1.807) is 0 Å². The summed E-state index contributed by atoms with van der Waals surface area (Å²) in [5.74, 6) is -0.649. The second-order valence-corrected chi connectivity index (χ2v) is 3.92. The highest BCUT2D eigenvalue weighted by Gasteiger charge is 2.35. The minimum atomic E-state index is -0.649. The smallest absolute Gasteiger partial charge is 0.210 e. The molecule has 0 bridgehead atoms. The lowest BCUT2D eigenvalue weighted by molar-refractivity contribution is -0.152. The first-order chi connectivity index (χ1) is 6.24. The number of aromatic nitrogens is 1. The van der Waals surface area contributed by atoms with Gasteiger partial charge < -0.3 is 15.2 Å². The predicted molar refractivity (Wildman–Crippen MR) is 49.3 cm³/mol. The van der Waals surface area contributed by atoms with Crippen molar-refractivity contribution in [2.75, 3.05) is 13.2 Å². The van der Waals surface area contributed by atoms with Crippen LogP contribution in [0.15, 0.2) is 5.38 Å². The summed E-state index contributed by atoms with van der Waals surface area (Å²) in [4.78, 5) is 4.33. The van der Waals surface area contributed by atoms with Crippen molar-refractivity contribution in [3.8, 4) is 0 Å². The van der Waals surface area contributed by atoms with Gasteiger partial charge in [-0.2, -0.15) is 0 Å². The molecule has 0 unspecified atom stereocenters. The Kier molecular flexibility index (Phi) is 2.33. The minimum Gasteiger partial charge on any atom is -0.342 e. The molecule has 0 saturated carbocycles. The molecule has 1 fully saturated rings. The SMILES string of the molecule is CC1(c2csc(CN)n2)OCCO1. The third-order valence-corrected chi connectivity index (χ3v) is 2.90. The van der Waals surface area contributed by atoms with E-state index < -0.39 is 5.79 Å². The van der Waals surface area contributed by atoms with Crippen LogP contribution in [0.2, 0.25) is 0 Å². The van der Waals surface area contributed by atoms with Crippen molar-refractivity contribution < 1.29 is 9.47 Å². The Bertz CT molecular complexity index is 294. The van der Waals surface area contributed by atoms with E-state index in [9.17, 15) is 0 Å². The second-order valence-electron chi connectivity index (χ2n) is 2.97. The normalized spacial score (nSPS) is 20.8. The first-order valence-corrected chi connectivity index (χ1v) is 5.05. The average molecular weight is 200 g/mol. The first-order valence-electron chi connectivity index (χ1n) is 4.17. The van der Waals surface area contributed by atoms with E-state index in [0.717, 1.165) is 10.7 Å². The van der Waals surface area contributed by atoms with Gasteiger partial charge in [0.2, 0.25) is 5.79 Å². The van der Waals surface area contributed by atoms with Crippen molar-refractivity contribution in [3.05, 3.63) is 16.1 Å². The molecule has 0 amide bonds. The topological polar surface area (TPSA) is 57.4 Å². The molecule has 2 N–H and O–H groups in total. The van der Waals surface area contributed by atoms with Gasteiger partial charge in [0.15, 0.2) is 0 Å². The van der Waals surface area contributed by atoms with Crippen LogP contribution in [-0.2, 0) is 21.8 Å². The van der Waals surface area contributed by atoms with Gasteiger partial charge in [0.1, 0.15) is 10.7 Å². The summed E-state index contributed by atoms with van der Waals surface area (Å²) < 4.78 is 10.9. The van der Waals surface area contributed by atoms with Gasteiger partial charge in [0, 0.05) is 11.9 Å². The van der Waals surface area contributed by atoms with Crippen LogP contribution in [0.1, 0.15) is 17.6 Å². The summed E-state index contributed by atoms with van der Waals surface area (Å²) in [6.45, 7) is 3.62. The summed E-state index contributed by atoms with van der Waals surface area (Å²) in [7, 11) is 0. The van der Waals surface area contributed by atoms with Crippen LogP contribution in [0.3, 0.4) is 0 Å². The molecule has 13 heavy (non-hydrogen) atoms. The van der Waals surface area contributed by atoms with Gasteiger partial charge in [-0.15, -0.1) is 11.3 Å². The maximum atomic E-state index is 5.47. The van der Waals surface area contributed by atoms with Crippen LogP contribution < -0.4 is 5.73 Å². The lowest BCUT2D eigenvalue weighted by Crippen LogP contribution is -2.22. The van der Waals surface area contributed by atoms with Gasteiger partial charge in [-0.25, -0.2) is 4.98 Å². The van der Waals surface area contributed by atoms with E-state index in [1.807, 2.05) is 12.3 Å².